The maximum atomic E-state index is 13.3. The summed E-state index contributed by atoms with van der Waals surface area (Å²) in [4.78, 5) is 15.3. The number of benzene rings is 1. The highest BCUT2D eigenvalue weighted by molar-refractivity contribution is 6.00. The number of hydrogen-bond acceptors (Lipinski definition) is 4. The standard InChI is InChI=1S/C12H16FN3O2/c1-15-4-6-16(7-5-15)9-3-2-8(13)11(14)10(9)12(17)18/h2-3H,4-7,14H2,1H3,(H,17,18). The third-order valence-corrected chi connectivity index (χ3v) is 3.23. The van der Waals surface area contributed by atoms with Gasteiger partial charge in [-0.05, 0) is 19.2 Å². The Hall–Kier alpha value is -1.82. The average Bonchev–Trinajstić information content (AvgIpc) is 2.33. The van der Waals surface area contributed by atoms with Crippen LogP contribution in [0.2, 0.25) is 0 Å². The molecule has 0 spiro atoms. The number of rotatable bonds is 2. The molecule has 3 N–H and O–H groups in total. The van der Waals surface area contributed by atoms with Crippen molar-refractivity contribution < 1.29 is 14.3 Å². The van der Waals surface area contributed by atoms with E-state index < -0.39 is 11.8 Å². The Kier molecular flexibility index (Phi) is 3.38. The smallest absolute Gasteiger partial charge is 0.340 e. The predicted octanol–water partition coefficient (Wildman–Crippen LogP) is 0.858. The van der Waals surface area contributed by atoms with E-state index >= 15 is 0 Å². The Morgan fingerprint density at radius 1 is 1.33 bits per heavy atom. The second kappa shape index (κ2) is 4.81. The highest BCUT2D eigenvalue weighted by atomic mass is 19.1. The Balaban J connectivity index is 2.38. The van der Waals surface area contributed by atoms with E-state index in [9.17, 15) is 9.18 Å². The van der Waals surface area contributed by atoms with Crippen molar-refractivity contribution in [1.82, 2.24) is 4.90 Å². The number of carboxylic acids is 1. The number of piperazine rings is 1. The van der Waals surface area contributed by atoms with Gasteiger partial charge < -0.3 is 20.6 Å². The van der Waals surface area contributed by atoms with Gasteiger partial charge in [0.15, 0.2) is 0 Å². The van der Waals surface area contributed by atoms with Crippen LogP contribution in [-0.4, -0.2) is 49.2 Å². The van der Waals surface area contributed by atoms with E-state index in [0.29, 0.717) is 18.8 Å². The van der Waals surface area contributed by atoms with E-state index in [1.54, 1.807) is 0 Å². The minimum absolute atomic E-state index is 0.139. The molecule has 0 radical (unpaired) electrons. The van der Waals surface area contributed by atoms with Crippen molar-refractivity contribution >= 4 is 17.3 Å². The molecular weight excluding hydrogens is 237 g/mol. The number of nitrogen functional groups attached to an aromatic ring is 1. The minimum atomic E-state index is -1.19. The summed E-state index contributed by atoms with van der Waals surface area (Å²) in [7, 11) is 2.01. The van der Waals surface area contributed by atoms with E-state index in [1.807, 2.05) is 11.9 Å². The summed E-state index contributed by atoms with van der Waals surface area (Å²) in [6.45, 7) is 3.11. The lowest BCUT2D eigenvalue weighted by Gasteiger charge is -2.34. The molecule has 0 bridgehead atoms. The van der Waals surface area contributed by atoms with Gasteiger partial charge in [0.2, 0.25) is 0 Å². The molecule has 1 aromatic rings. The highest BCUT2D eigenvalue weighted by Gasteiger charge is 2.23. The summed E-state index contributed by atoms with van der Waals surface area (Å²) in [5.41, 5.74) is 5.59. The highest BCUT2D eigenvalue weighted by Crippen LogP contribution is 2.28. The first-order valence-electron chi connectivity index (χ1n) is 5.75. The van der Waals surface area contributed by atoms with E-state index in [0.717, 1.165) is 13.1 Å². The van der Waals surface area contributed by atoms with Crippen molar-refractivity contribution in [2.75, 3.05) is 43.9 Å². The molecule has 98 valence electrons. The van der Waals surface area contributed by atoms with Gasteiger partial charge in [0.05, 0.1) is 11.4 Å². The van der Waals surface area contributed by atoms with Crippen LogP contribution in [0.15, 0.2) is 12.1 Å². The zero-order valence-corrected chi connectivity index (χ0v) is 10.2. The Morgan fingerprint density at radius 3 is 2.50 bits per heavy atom. The van der Waals surface area contributed by atoms with Crippen molar-refractivity contribution in [2.45, 2.75) is 0 Å². The zero-order valence-electron chi connectivity index (χ0n) is 10.2. The lowest BCUT2D eigenvalue weighted by atomic mass is 10.1. The largest absolute Gasteiger partial charge is 0.478 e. The van der Waals surface area contributed by atoms with Crippen LogP contribution in [0.3, 0.4) is 0 Å². The zero-order chi connectivity index (χ0) is 13.3. The van der Waals surface area contributed by atoms with Crippen molar-refractivity contribution in [1.29, 1.82) is 0 Å². The van der Waals surface area contributed by atoms with Crippen LogP contribution in [-0.2, 0) is 0 Å². The first-order chi connectivity index (χ1) is 8.50. The number of aromatic carboxylic acids is 1. The fourth-order valence-electron chi connectivity index (χ4n) is 2.12. The molecule has 0 unspecified atom stereocenters. The number of hydrogen-bond donors (Lipinski definition) is 2. The summed E-state index contributed by atoms with van der Waals surface area (Å²) in [5, 5.41) is 9.17. The molecule has 2 rings (SSSR count). The second-order valence-corrected chi connectivity index (χ2v) is 4.45. The van der Waals surface area contributed by atoms with E-state index in [2.05, 4.69) is 4.90 Å². The molecule has 1 aliphatic rings. The Labute approximate surface area is 105 Å². The molecule has 1 heterocycles. The van der Waals surface area contributed by atoms with Gasteiger partial charge >= 0.3 is 5.97 Å². The van der Waals surface area contributed by atoms with Crippen molar-refractivity contribution in [2.24, 2.45) is 0 Å². The lowest BCUT2D eigenvalue weighted by molar-refractivity contribution is 0.0698. The van der Waals surface area contributed by atoms with E-state index in [-0.39, 0.29) is 11.3 Å². The average molecular weight is 253 g/mol. The third-order valence-electron chi connectivity index (χ3n) is 3.23. The number of carbonyl (C=O) groups is 1. The second-order valence-electron chi connectivity index (χ2n) is 4.45. The predicted molar refractivity (Wildman–Crippen MR) is 67.5 cm³/mol. The van der Waals surface area contributed by atoms with Crippen LogP contribution >= 0.6 is 0 Å². The normalized spacial score (nSPS) is 16.9. The molecule has 18 heavy (non-hydrogen) atoms. The molecule has 6 heteroatoms. The fraction of sp³-hybridized carbons (Fsp3) is 0.417. The summed E-state index contributed by atoms with van der Waals surface area (Å²) >= 11 is 0. The first-order valence-corrected chi connectivity index (χ1v) is 5.75. The van der Waals surface area contributed by atoms with Gasteiger partial charge in [-0.25, -0.2) is 9.18 Å². The molecule has 1 aliphatic heterocycles. The van der Waals surface area contributed by atoms with Crippen LogP contribution < -0.4 is 10.6 Å². The summed E-state index contributed by atoms with van der Waals surface area (Å²) < 4.78 is 13.3. The molecular formula is C12H16FN3O2. The number of anilines is 2. The van der Waals surface area contributed by atoms with Crippen molar-refractivity contribution in [3.8, 4) is 0 Å². The molecule has 0 amide bonds. The maximum Gasteiger partial charge on any atom is 0.340 e. The summed E-state index contributed by atoms with van der Waals surface area (Å²) in [6.07, 6.45) is 0. The van der Waals surface area contributed by atoms with E-state index in [1.165, 1.54) is 12.1 Å². The maximum absolute atomic E-state index is 13.3. The monoisotopic (exact) mass is 253 g/mol. The fourth-order valence-corrected chi connectivity index (χ4v) is 2.12. The van der Waals surface area contributed by atoms with Gasteiger partial charge in [0.1, 0.15) is 11.4 Å². The molecule has 0 saturated carbocycles. The third kappa shape index (κ3) is 2.24. The Morgan fingerprint density at radius 2 is 1.94 bits per heavy atom. The Bertz CT molecular complexity index is 471. The molecule has 1 saturated heterocycles. The van der Waals surface area contributed by atoms with Gasteiger partial charge in [-0.2, -0.15) is 0 Å². The minimum Gasteiger partial charge on any atom is -0.478 e. The molecule has 0 atom stereocenters. The van der Waals surface area contributed by atoms with Gasteiger partial charge in [-0.15, -0.1) is 0 Å². The van der Waals surface area contributed by atoms with Crippen molar-refractivity contribution in [3.63, 3.8) is 0 Å². The number of nitrogens with zero attached hydrogens (tertiary/aromatic N) is 2. The number of carboxylic acid groups (broad SMARTS) is 1. The van der Waals surface area contributed by atoms with Gasteiger partial charge in [-0.1, -0.05) is 0 Å². The quantitative estimate of drug-likeness (QED) is 0.765. The van der Waals surface area contributed by atoms with Crippen LogP contribution in [0.5, 0.6) is 0 Å². The number of likely N-dealkylation sites (N-methyl/N-ethyl adjacent to an activating group) is 1. The van der Waals surface area contributed by atoms with Crippen LogP contribution in [0.25, 0.3) is 0 Å². The number of nitrogens with two attached hydrogens (primary N) is 1. The lowest BCUT2D eigenvalue weighted by Crippen LogP contribution is -2.45. The van der Waals surface area contributed by atoms with Gasteiger partial charge in [0.25, 0.3) is 0 Å². The van der Waals surface area contributed by atoms with Crippen LogP contribution in [0.4, 0.5) is 15.8 Å². The molecule has 0 aliphatic carbocycles. The SMILES string of the molecule is CN1CCN(c2ccc(F)c(N)c2C(=O)O)CC1. The molecule has 0 aromatic heterocycles. The first kappa shape index (κ1) is 12.6. The van der Waals surface area contributed by atoms with E-state index in [4.69, 9.17) is 10.8 Å². The van der Waals surface area contributed by atoms with Crippen molar-refractivity contribution in [3.05, 3.63) is 23.5 Å². The number of halogens is 1. The van der Waals surface area contributed by atoms with Crippen LogP contribution in [0.1, 0.15) is 10.4 Å². The summed E-state index contributed by atoms with van der Waals surface area (Å²) in [5.74, 6) is -1.88. The topological polar surface area (TPSA) is 69.8 Å². The molecule has 5 nitrogen and oxygen atoms in total. The van der Waals surface area contributed by atoms with Crippen LogP contribution in [0, 0.1) is 5.82 Å². The molecule has 1 aromatic carbocycles. The van der Waals surface area contributed by atoms with Gasteiger partial charge in [-0.3, -0.25) is 0 Å². The van der Waals surface area contributed by atoms with Gasteiger partial charge in [0, 0.05) is 26.2 Å². The molecule has 1 fully saturated rings. The summed E-state index contributed by atoms with van der Waals surface area (Å²) in [6, 6.07) is 2.70.